The summed E-state index contributed by atoms with van der Waals surface area (Å²) in [6.07, 6.45) is 0. The molecule has 0 fully saturated rings. The minimum Gasteiger partial charge on any atom is -0.341 e. The minimum atomic E-state index is -0.500. The number of amides is 1. The molecule has 0 saturated heterocycles. The summed E-state index contributed by atoms with van der Waals surface area (Å²) >= 11 is 3.20. The molecule has 0 atom stereocenters. The molecule has 0 aliphatic rings. The van der Waals surface area contributed by atoms with E-state index < -0.39 is 4.92 Å². The van der Waals surface area contributed by atoms with Crippen molar-refractivity contribution in [2.75, 3.05) is 20.1 Å². The van der Waals surface area contributed by atoms with Crippen LogP contribution in [0.25, 0.3) is 0 Å². The second-order valence-corrected chi connectivity index (χ2v) is 6.31. The summed E-state index contributed by atoms with van der Waals surface area (Å²) in [4.78, 5) is 24.1. The zero-order chi connectivity index (χ0) is 15.5. The summed E-state index contributed by atoms with van der Waals surface area (Å²) < 4.78 is 0.411. The molecule has 0 bridgehead atoms. The van der Waals surface area contributed by atoms with E-state index in [1.54, 1.807) is 11.9 Å². The Morgan fingerprint density at radius 2 is 2.10 bits per heavy atom. The SMILES string of the molecule is CN(CC(C)(C)CN)C(=O)c1ccc([N+](=O)[O-])cc1Br. The molecule has 0 spiro atoms. The number of nitro groups is 1. The van der Waals surface area contributed by atoms with Gasteiger partial charge in [-0.3, -0.25) is 14.9 Å². The number of hydrogen-bond acceptors (Lipinski definition) is 4. The van der Waals surface area contributed by atoms with Crippen LogP contribution in [0, 0.1) is 15.5 Å². The molecule has 0 radical (unpaired) electrons. The van der Waals surface area contributed by atoms with Gasteiger partial charge in [-0.2, -0.15) is 0 Å². The van der Waals surface area contributed by atoms with Crippen LogP contribution < -0.4 is 5.73 Å². The number of nitro benzene ring substituents is 1. The fourth-order valence-electron chi connectivity index (χ4n) is 1.78. The molecular weight excluding hydrogens is 326 g/mol. The second-order valence-electron chi connectivity index (χ2n) is 5.45. The predicted octanol–water partition coefficient (Wildman–Crippen LogP) is 2.41. The lowest BCUT2D eigenvalue weighted by atomic mass is 9.93. The second kappa shape index (κ2) is 6.32. The number of rotatable bonds is 5. The zero-order valence-electron chi connectivity index (χ0n) is 11.7. The van der Waals surface area contributed by atoms with Crippen molar-refractivity contribution in [2.24, 2.45) is 11.1 Å². The van der Waals surface area contributed by atoms with Gasteiger partial charge in [0.1, 0.15) is 0 Å². The van der Waals surface area contributed by atoms with E-state index in [-0.39, 0.29) is 17.0 Å². The van der Waals surface area contributed by atoms with E-state index in [9.17, 15) is 14.9 Å². The van der Waals surface area contributed by atoms with Crippen molar-refractivity contribution in [2.45, 2.75) is 13.8 Å². The summed E-state index contributed by atoms with van der Waals surface area (Å²) in [5.74, 6) is -0.201. The third-order valence-electron chi connectivity index (χ3n) is 2.96. The normalized spacial score (nSPS) is 11.2. The Morgan fingerprint density at radius 3 is 2.55 bits per heavy atom. The summed E-state index contributed by atoms with van der Waals surface area (Å²) in [6.45, 7) is 4.92. The highest BCUT2D eigenvalue weighted by molar-refractivity contribution is 9.10. The third-order valence-corrected chi connectivity index (χ3v) is 3.61. The number of non-ortho nitro benzene ring substituents is 1. The molecule has 0 aliphatic heterocycles. The molecule has 7 heteroatoms. The maximum Gasteiger partial charge on any atom is 0.270 e. The van der Waals surface area contributed by atoms with Crippen molar-refractivity contribution in [1.82, 2.24) is 4.90 Å². The van der Waals surface area contributed by atoms with Crippen LogP contribution in [0.1, 0.15) is 24.2 Å². The summed E-state index contributed by atoms with van der Waals surface area (Å²) in [6, 6.07) is 4.10. The lowest BCUT2D eigenvalue weighted by Crippen LogP contribution is -2.39. The Hall–Kier alpha value is -1.47. The van der Waals surface area contributed by atoms with Crippen LogP contribution in [0.2, 0.25) is 0 Å². The highest BCUT2D eigenvalue weighted by atomic mass is 79.9. The average Bonchev–Trinajstić information content (AvgIpc) is 2.37. The Bertz CT molecular complexity index is 532. The van der Waals surface area contributed by atoms with Crippen LogP contribution >= 0.6 is 15.9 Å². The van der Waals surface area contributed by atoms with E-state index in [0.29, 0.717) is 23.1 Å². The van der Waals surface area contributed by atoms with Gasteiger partial charge in [-0.25, -0.2) is 0 Å². The van der Waals surface area contributed by atoms with Crippen LogP contribution in [0.15, 0.2) is 22.7 Å². The summed E-state index contributed by atoms with van der Waals surface area (Å²) in [5.41, 5.74) is 5.81. The highest BCUT2D eigenvalue weighted by Gasteiger charge is 2.23. The minimum absolute atomic E-state index is 0.0571. The largest absolute Gasteiger partial charge is 0.341 e. The third kappa shape index (κ3) is 4.01. The van der Waals surface area contributed by atoms with Crippen LogP contribution in [-0.4, -0.2) is 35.9 Å². The van der Waals surface area contributed by atoms with Crippen molar-refractivity contribution in [3.8, 4) is 0 Å². The fraction of sp³-hybridized carbons (Fsp3) is 0.462. The average molecular weight is 344 g/mol. The van der Waals surface area contributed by atoms with E-state index in [4.69, 9.17) is 5.73 Å². The molecule has 6 nitrogen and oxygen atoms in total. The first-order valence-corrected chi connectivity index (χ1v) is 6.87. The first kappa shape index (κ1) is 16.6. The number of carbonyl (C=O) groups is 1. The first-order valence-electron chi connectivity index (χ1n) is 6.07. The number of hydrogen-bond donors (Lipinski definition) is 1. The zero-order valence-corrected chi connectivity index (χ0v) is 13.3. The molecule has 110 valence electrons. The molecular formula is C13H18BrN3O3. The number of benzene rings is 1. The fourth-order valence-corrected chi connectivity index (χ4v) is 2.31. The topological polar surface area (TPSA) is 89.5 Å². The van der Waals surface area contributed by atoms with E-state index >= 15 is 0 Å². The van der Waals surface area contributed by atoms with Crippen LogP contribution in [-0.2, 0) is 0 Å². The predicted molar refractivity (Wildman–Crippen MR) is 80.6 cm³/mol. The van der Waals surface area contributed by atoms with Gasteiger partial charge in [-0.05, 0) is 34.0 Å². The monoisotopic (exact) mass is 343 g/mol. The number of halogens is 1. The molecule has 1 rings (SSSR count). The number of nitrogens with zero attached hydrogens (tertiary/aromatic N) is 2. The molecule has 0 aromatic heterocycles. The highest BCUT2D eigenvalue weighted by Crippen LogP contribution is 2.25. The molecule has 1 amide bonds. The molecule has 20 heavy (non-hydrogen) atoms. The van der Waals surface area contributed by atoms with Gasteiger partial charge in [0.15, 0.2) is 0 Å². The Labute approximate surface area is 126 Å². The van der Waals surface area contributed by atoms with Gasteiger partial charge < -0.3 is 10.6 Å². The van der Waals surface area contributed by atoms with Gasteiger partial charge in [-0.15, -0.1) is 0 Å². The van der Waals surface area contributed by atoms with Crippen molar-refractivity contribution in [3.05, 3.63) is 38.3 Å². The first-order chi connectivity index (χ1) is 9.18. The van der Waals surface area contributed by atoms with Gasteiger partial charge >= 0.3 is 0 Å². The molecule has 0 aliphatic carbocycles. The standard InChI is InChI=1S/C13H18BrN3O3/c1-13(2,7-15)8-16(3)12(18)10-5-4-9(17(19)20)6-11(10)14/h4-6H,7-8,15H2,1-3H3. The van der Waals surface area contributed by atoms with Gasteiger partial charge in [0, 0.05) is 30.2 Å². The maximum absolute atomic E-state index is 12.3. The maximum atomic E-state index is 12.3. The quantitative estimate of drug-likeness (QED) is 0.656. The summed E-state index contributed by atoms with van der Waals surface area (Å²) in [5, 5.41) is 10.7. The Balaban J connectivity index is 2.95. The van der Waals surface area contributed by atoms with Crippen LogP contribution in [0.4, 0.5) is 5.69 Å². The molecule has 1 aromatic rings. The van der Waals surface area contributed by atoms with Crippen molar-refractivity contribution in [3.63, 3.8) is 0 Å². The van der Waals surface area contributed by atoms with E-state index in [1.165, 1.54) is 18.2 Å². The van der Waals surface area contributed by atoms with E-state index in [1.807, 2.05) is 13.8 Å². The van der Waals surface area contributed by atoms with Gasteiger partial charge in [0.25, 0.3) is 11.6 Å². The number of carbonyl (C=O) groups excluding carboxylic acids is 1. The van der Waals surface area contributed by atoms with Crippen molar-refractivity contribution < 1.29 is 9.72 Å². The van der Waals surface area contributed by atoms with Crippen molar-refractivity contribution >= 4 is 27.5 Å². The molecule has 0 heterocycles. The molecule has 0 saturated carbocycles. The lowest BCUT2D eigenvalue weighted by Gasteiger charge is -2.29. The molecule has 0 unspecified atom stereocenters. The molecule has 1 aromatic carbocycles. The Morgan fingerprint density at radius 1 is 1.50 bits per heavy atom. The van der Waals surface area contributed by atoms with E-state index in [0.717, 1.165) is 0 Å². The van der Waals surface area contributed by atoms with Crippen molar-refractivity contribution in [1.29, 1.82) is 0 Å². The van der Waals surface area contributed by atoms with Crippen LogP contribution in [0.5, 0.6) is 0 Å². The lowest BCUT2D eigenvalue weighted by molar-refractivity contribution is -0.384. The number of nitrogens with two attached hydrogens (primary N) is 1. The summed E-state index contributed by atoms with van der Waals surface area (Å²) in [7, 11) is 1.69. The van der Waals surface area contributed by atoms with Gasteiger partial charge in [0.2, 0.25) is 0 Å². The Kier molecular flexibility index (Phi) is 5.24. The van der Waals surface area contributed by atoms with Gasteiger partial charge in [-0.1, -0.05) is 13.8 Å². The van der Waals surface area contributed by atoms with Crippen LogP contribution in [0.3, 0.4) is 0 Å². The van der Waals surface area contributed by atoms with E-state index in [2.05, 4.69) is 15.9 Å². The molecule has 2 N–H and O–H groups in total. The van der Waals surface area contributed by atoms with Gasteiger partial charge in [0.05, 0.1) is 10.5 Å². The smallest absolute Gasteiger partial charge is 0.270 e.